The van der Waals surface area contributed by atoms with Gasteiger partial charge in [0.25, 0.3) is 0 Å². The second-order valence-electron chi connectivity index (χ2n) is 6.39. The van der Waals surface area contributed by atoms with Gasteiger partial charge in [-0.05, 0) is 30.5 Å². The lowest BCUT2D eigenvalue weighted by Gasteiger charge is -2.32. The fourth-order valence-corrected chi connectivity index (χ4v) is 4.06. The van der Waals surface area contributed by atoms with Crippen molar-refractivity contribution in [1.82, 2.24) is 9.62 Å². The molecule has 2 heterocycles. The van der Waals surface area contributed by atoms with Gasteiger partial charge in [-0.2, -0.15) is 0 Å². The Bertz CT molecular complexity index is 914. The first-order chi connectivity index (χ1) is 11.8. The van der Waals surface area contributed by atoms with Crippen LogP contribution in [0.25, 0.3) is 11.0 Å². The van der Waals surface area contributed by atoms with Gasteiger partial charge < -0.3 is 9.15 Å². The van der Waals surface area contributed by atoms with Crippen LogP contribution in [0.2, 0.25) is 0 Å². The Morgan fingerprint density at radius 3 is 2.64 bits per heavy atom. The number of hydrogen-bond acceptors (Lipinski definition) is 6. The van der Waals surface area contributed by atoms with E-state index in [0.29, 0.717) is 17.9 Å². The van der Waals surface area contributed by atoms with Crippen LogP contribution < -0.4 is 15.1 Å². The molecule has 136 valence electrons. The predicted molar refractivity (Wildman–Crippen MR) is 95.3 cm³/mol. The van der Waals surface area contributed by atoms with Gasteiger partial charge in [-0.3, -0.25) is 4.90 Å². The molecule has 0 amide bonds. The molecule has 0 spiro atoms. The molecule has 7 nitrogen and oxygen atoms in total. The molecule has 1 aromatic carbocycles. The number of likely N-dealkylation sites (tertiary alicyclic amines) is 1. The number of benzene rings is 1. The molecule has 0 bridgehead atoms. The summed E-state index contributed by atoms with van der Waals surface area (Å²) in [6.07, 6.45) is 2.68. The van der Waals surface area contributed by atoms with Crippen LogP contribution in [0.15, 0.2) is 33.5 Å². The minimum Gasteiger partial charge on any atom is -0.497 e. The van der Waals surface area contributed by atoms with Crippen LogP contribution in [0.3, 0.4) is 0 Å². The smallest absolute Gasteiger partial charge is 0.336 e. The molecule has 1 fully saturated rings. The van der Waals surface area contributed by atoms with Gasteiger partial charge >= 0.3 is 5.63 Å². The van der Waals surface area contributed by atoms with Crippen LogP contribution >= 0.6 is 0 Å². The van der Waals surface area contributed by atoms with Crippen molar-refractivity contribution in [3.8, 4) is 5.75 Å². The highest BCUT2D eigenvalue weighted by molar-refractivity contribution is 7.88. The third-order valence-corrected chi connectivity index (χ3v) is 5.16. The lowest BCUT2D eigenvalue weighted by molar-refractivity contribution is 0.200. The second kappa shape index (κ2) is 7.15. The van der Waals surface area contributed by atoms with E-state index in [2.05, 4.69) is 9.62 Å². The van der Waals surface area contributed by atoms with Gasteiger partial charge in [0.2, 0.25) is 10.0 Å². The summed E-state index contributed by atoms with van der Waals surface area (Å²) in [6.45, 7) is 2.16. The van der Waals surface area contributed by atoms with Crippen LogP contribution in [0, 0.1) is 0 Å². The zero-order valence-electron chi connectivity index (χ0n) is 14.3. The number of rotatable bonds is 5. The summed E-state index contributed by atoms with van der Waals surface area (Å²) < 4.78 is 35.8. The molecule has 0 unspecified atom stereocenters. The van der Waals surface area contributed by atoms with Crippen molar-refractivity contribution in [2.45, 2.75) is 25.4 Å². The Morgan fingerprint density at radius 2 is 2.00 bits per heavy atom. The number of ether oxygens (including phenoxy) is 1. The van der Waals surface area contributed by atoms with Crippen LogP contribution in [0.1, 0.15) is 18.4 Å². The quantitative estimate of drug-likeness (QED) is 0.803. The molecule has 0 radical (unpaired) electrons. The SMILES string of the molecule is COc1ccc2c(CN3CCC(NS(C)(=O)=O)CC3)cc(=O)oc2c1. The Balaban J connectivity index is 1.74. The van der Waals surface area contributed by atoms with Crippen LogP contribution in [0.5, 0.6) is 5.75 Å². The average molecular weight is 366 g/mol. The molecule has 3 rings (SSSR count). The molecule has 1 aliphatic heterocycles. The van der Waals surface area contributed by atoms with E-state index in [1.807, 2.05) is 12.1 Å². The third-order valence-electron chi connectivity index (χ3n) is 4.40. The van der Waals surface area contributed by atoms with E-state index < -0.39 is 10.0 Å². The summed E-state index contributed by atoms with van der Waals surface area (Å²) in [7, 11) is -1.61. The maximum atomic E-state index is 11.9. The molecule has 8 heteroatoms. The predicted octanol–water partition coefficient (Wildman–Crippen LogP) is 1.32. The maximum Gasteiger partial charge on any atom is 0.336 e. The molecule has 1 saturated heterocycles. The highest BCUT2D eigenvalue weighted by Crippen LogP contribution is 2.24. The molecule has 0 saturated carbocycles. The number of hydrogen-bond donors (Lipinski definition) is 1. The standard InChI is InChI=1S/C17H22N2O5S/c1-23-14-3-4-15-12(9-17(20)24-16(15)10-14)11-19-7-5-13(6-8-19)18-25(2,21)22/h3-4,9-10,13,18H,5-8,11H2,1-2H3. The molecule has 1 aromatic heterocycles. The molecule has 0 aliphatic carbocycles. The van der Waals surface area contributed by atoms with E-state index >= 15 is 0 Å². The molecule has 1 N–H and O–H groups in total. The summed E-state index contributed by atoms with van der Waals surface area (Å²) in [5.41, 5.74) is 1.03. The summed E-state index contributed by atoms with van der Waals surface area (Å²) in [4.78, 5) is 14.1. The van der Waals surface area contributed by atoms with E-state index in [1.54, 1.807) is 13.2 Å². The zero-order valence-corrected chi connectivity index (χ0v) is 15.1. The number of nitrogens with one attached hydrogen (secondary N) is 1. The number of sulfonamides is 1. The van der Waals surface area contributed by atoms with Crippen molar-refractivity contribution in [3.63, 3.8) is 0 Å². The van der Waals surface area contributed by atoms with E-state index in [9.17, 15) is 13.2 Å². The van der Waals surface area contributed by atoms with Gasteiger partial charge in [0.1, 0.15) is 11.3 Å². The molecule has 0 atom stereocenters. The van der Waals surface area contributed by atoms with Crippen molar-refractivity contribution in [2.24, 2.45) is 0 Å². The average Bonchev–Trinajstić information content (AvgIpc) is 2.54. The number of fused-ring (bicyclic) bond motifs is 1. The van der Waals surface area contributed by atoms with Crippen molar-refractivity contribution in [3.05, 3.63) is 40.2 Å². The molecular formula is C17H22N2O5S. The monoisotopic (exact) mass is 366 g/mol. The summed E-state index contributed by atoms with van der Waals surface area (Å²) in [5, 5.41) is 0.886. The molecule has 2 aromatic rings. The maximum absolute atomic E-state index is 11.9. The van der Waals surface area contributed by atoms with Crippen LogP contribution in [-0.2, 0) is 16.6 Å². The van der Waals surface area contributed by atoms with E-state index in [4.69, 9.17) is 9.15 Å². The van der Waals surface area contributed by atoms with E-state index in [1.165, 1.54) is 12.3 Å². The zero-order chi connectivity index (χ0) is 18.0. The second-order valence-corrected chi connectivity index (χ2v) is 8.17. The Hall–Kier alpha value is -1.90. The fourth-order valence-electron chi connectivity index (χ4n) is 3.22. The van der Waals surface area contributed by atoms with Gasteiger partial charge in [0, 0.05) is 43.2 Å². The molecular weight excluding hydrogens is 344 g/mol. The van der Waals surface area contributed by atoms with Crippen LogP contribution in [0.4, 0.5) is 0 Å². The van der Waals surface area contributed by atoms with Gasteiger partial charge in [-0.1, -0.05) is 0 Å². The topological polar surface area (TPSA) is 88.9 Å². The van der Waals surface area contributed by atoms with E-state index in [0.717, 1.165) is 36.9 Å². The first kappa shape index (κ1) is 17.9. The minimum atomic E-state index is -3.18. The normalized spacial score (nSPS) is 17.0. The minimum absolute atomic E-state index is 0.0203. The summed E-state index contributed by atoms with van der Waals surface area (Å²) >= 11 is 0. The van der Waals surface area contributed by atoms with Crippen LogP contribution in [-0.4, -0.2) is 45.8 Å². The Morgan fingerprint density at radius 1 is 1.28 bits per heavy atom. The first-order valence-electron chi connectivity index (χ1n) is 8.14. The lowest BCUT2D eigenvalue weighted by atomic mass is 10.0. The van der Waals surface area contributed by atoms with Crippen molar-refractivity contribution in [1.29, 1.82) is 0 Å². The van der Waals surface area contributed by atoms with E-state index in [-0.39, 0.29) is 11.7 Å². The number of nitrogens with zero attached hydrogens (tertiary/aromatic N) is 1. The third kappa shape index (κ3) is 4.59. The lowest BCUT2D eigenvalue weighted by Crippen LogP contribution is -2.44. The fraction of sp³-hybridized carbons (Fsp3) is 0.471. The Labute approximate surface area is 146 Å². The highest BCUT2D eigenvalue weighted by atomic mass is 32.2. The van der Waals surface area contributed by atoms with Gasteiger partial charge in [-0.15, -0.1) is 0 Å². The first-order valence-corrected chi connectivity index (χ1v) is 10.0. The van der Waals surface area contributed by atoms with Crippen molar-refractivity contribution >= 4 is 21.0 Å². The van der Waals surface area contributed by atoms with Gasteiger partial charge in [0.05, 0.1) is 13.4 Å². The molecule has 25 heavy (non-hydrogen) atoms. The van der Waals surface area contributed by atoms with Gasteiger partial charge in [0.15, 0.2) is 0 Å². The largest absolute Gasteiger partial charge is 0.497 e. The highest BCUT2D eigenvalue weighted by Gasteiger charge is 2.22. The number of methoxy groups -OCH3 is 1. The van der Waals surface area contributed by atoms with Crippen molar-refractivity contribution in [2.75, 3.05) is 26.5 Å². The summed E-state index contributed by atoms with van der Waals surface area (Å²) in [6, 6.07) is 6.95. The molecule has 1 aliphatic rings. The number of piperidine rings is 1. The van der Waals surface area contributed by atoms with Crippen molar-refractivity contribution < 1.29 is 17.6 Å². The van der Waals surface area contributed by atoms with Gasteiger partial charge in [-0.25, -0.2) is 17.9 Å². The Kier molecular flexibility index (Phi) is 5.12. The summed E-state index contributed by atoms with van der Waals surface area (Å²) in [5.74, 6) is 0.639.